The molecule has 10 heteroatoms. The number of amides is 1. The average Bonchev–Trinajstić information content (AvgIpc) is 3.49. The second-order valence-corrected chi connectivity index (χ2v) is 8.02. The number of benzene rings is 1. The van der Waals surface area contributed by atoms with Crippen LogP contribution < -0.4 is 15.6 Å². The van der Waals surface area contributed by atoms with Crippen molar-refractivity contribution in [1.82, 2.24) is 19.9 Å². The third kappa shape index (κ3) is 5.01. The molecule has 0 saturated heterocycles. The fraction of sp³-hybridized carbons (Fsp3) is 0.350. The first-order chi connectivity index (χ1) is 14.5. The molecule has 2 heterocycles. The van der Waals surface area contributed by atoms with E-state index in [9.17, 15) is 14.4 Å². The van der Waals surface area contributed by atoms with Gasteiger partial charge in [0.05, 0.1) is 5.69 Å². The van der Waals surface area contributed by atoms with Crippen LogP contribution in [0.4, 0.5) is 0 Å². The van der Waals surface area contributed by atoms with Gasteiger partial charge < -0.3 is 14.8 Å². The second kappa shape index (κ2) is 8.62. The van der Waals surface area contributed by atoms with Crippen molar-refractivity contribution < 1.29 is 19.1 Å². The van der Waals surface area contributed by atoms with Gasteiger partial charge in [-0.05, 0) is 31.9 Å². The third-order valence-corrected chi connectivity index (χ3v) is 5.51. The number of carbonyl (C=O) groups excluding carboxylic acids is 2. The highest BCUT2D eigenvalue weighted by molar-refractivity contribution is 7.16. The number of rotatable bonds is 8. The largest absolute Gasteiger partial charge is 0.484 e. The molecule has 30 heavy (non-hydrogen) atoms. The number of fused-ring (bicyclic) bond motifs is 1. The number of hydrogen-bond acceptors (Lipinski definition) is 8. The Labute approximate surface area is 175 Å². The molecule has 1 aliphatic carbocycles. The lowest BCUT2D eigenvalue weighted by atomic mass is 10.2. The highest BCUT2D eigenvalue weighted by Gasteiger charge is 2.28. The summed E-state index contributed by atoms with van der Waals surface area (Å²) < 4.78 is 11.7. The lowest BCUT2D eigenvalue weighted by Gasteiger charge is -2.08. The maximum Gasteiger partial charge on any atom is 0.325 e. The second-order valence-electron chi connectivity index (χ2n) is 7.03. The van der Waals surface area contributed by atoms with Crippen molar-refractivity contribution in [3.05, 3.63) is 57.0 Å². The summed E-state index contributed by atoms with van der Waals surface area (Å²) in [5, 5.41) is 7.63. The van der Waals surface area contributed by atoms with Gasteiger partial charge in [0.2, 0.25) is 4.96 Å². The number of nitrogens with one attached hydrogen (secondary N) is 1. The molecule has 3 aromatic rings. The number of aromatic nitrogens is 3. The van der Waals surface area contributed by atoms with Crippen molar-refractivity contribution in [2.24, 2.45) is 0 Å². The first kappa shape index (κ1) is 20.0. The van der Waals surface area contributed by atoms with Gasteiger partial charge in [-0.25, -0.2) is 4.98 Å². The van der Waals surface area contributed by atoms with E-state index in [-0.39, 0.29) is 25.3 Å². The predicted molar refractivity (Wildman–Crippen MR) is 109 cm³/mol. The molecule has 0 aliphatic heterocycles. The van der Waals surface area contributed by atoms with E-state index in [1.165, 1.54) is 21.9 Å². The van der Waals surface area contributed by atoms with E-state index in [2.05, 4.69) is 15.4 Å². The van der Waals surface area contributed by atoms with Crippen LogP contribution in [0.15, 0.2) is 35.1 Å². The molecule has 9 nitrogen and oxygen atoms in total. The van der Waals surface area contributed by atoms with E-state index >= 15 is 0 Å². The molecule has 1 aliphatic rings. The van der Waals surface area contributed by atoms with Crippen LogP contribution in [0.3, 0.4) is 0 Å². The minimum absolute atomic E-state index is 0.156. The number of esters is 1. The van der Waals surface area contributed by atoms with Gasteiger partial charge in [0.1, 0.15) is 23.9 Å². The Hall–Kier alpha value is -3.27. The summed E-state index contributed by atoms with van der Waals surface area (Å²) in [5.41, 5.74) is 1.12. The Morgan fingerprint density at radius 2 is 2.03 bits per heavy atom. The molecule has 156 valence electrons. The summed E-state index contributed by atoms with van der Waals surface area (Å²) in [6.07, 6.45) is 2.17. The van der Waals surface area contributed by atoms with Crippen molar-refractivity contribution in [1.29, 1.82) is 0 Å². The number of carbonyl (C=O) groups is 2. The van der Waals surface area contributed by atoms with Crippen LogP contribution in [-0.2, 0) is 20.9 Å². The SMILES string of the molecule is Cc1ccc(OCC(=O)NCC(=O)OCc2cc(=O)n3nc(C4CC4)sc3n2)cc1. The van der Waals surface area contributed by atoms with Gasteiger partial charge in [-0.15, -0.1) is 0 Å². The van der Waals surface area contributed by atoms with Crippen LogP contribution in [0.5, 0.6) is 5.75 Å². The molecule has 0 bridgehead atoms. The van der Waals surface area contributed by atoms with E-state index < -0.39 is 11.9 Å². The van der Waals surface area contributed by atoms with Gasteiger partial charge >= 0.3 is 5.97 Å². The minimum atomic E-state index is -0.636. The number of ether oxygens (including phenoxy) is 2. The summed E-state index contributed by atoms with van der Waals surface area (Å²) in [4.78, 5) is 40.7. The molecule has 1 amide bonds. The van der Waals surface area contributed by atoms with Crippen molar-refractivity contribution >= 4 is 28.2 Å². The normalized spacial score (nSPS) is 13.2. The fourth-order valence-electron chi connectivity index (χ4n) is 2.65. The Bertz CT molecular complexity index is 1130. The van der Waals surface area contributed by atoms with Crippen molar-refractivity contribution in [3.63, 3.8) is 0 Å². The van der Waals surface area contributed by atoms with Crippen LogP contribution in [0.2, 0.25) is 0 Å². The molecular formula is C20H20N4O5S. The van der Waals surface area contributed by atoms with Gasteiger partial charge in [0.15, 0.2) is 6.61 Å². The zero-order valence-corrected chi connectivity index (χ0v) is 17.1. The molecule has 1 saturated carbocycles. The molecule has 1 N–H and O–H groups in total. The first-order valence-electron chi connectivity index (χ1n) is 9.49. The topological polar surface area (TPSA) is 112 Å². The third-order valence-electron chi connectivity index (χ3n) is 4.44. The molecule has 0 atom stereocenters. The molecule has 0 unspecified atom stereocenters. The van der Waals surface area contributed by atoms with Crippen LogP contribution >= 0.6 is 11.3 Å². The molecule has 2 aromatic heterocycles. The highest BCUT2D eigenvalue weighted by atomic mass is 32.1. The van der Waals surface area contributed by atoms with Gasteiger partial charge in [-0.2, -0.15) is 9.61 Å². The molecule has 0 radical (unpaired) electrons. The smallest absolute Gasteiger partial charge is 0.325 e. The van der Waals surface area contributed by atoms with Gasteiger partial charge in [-0.3, -0.25) is 14.4 Å². The number of nitrogens with zero attached hydrogens (tertiary/aromatic N) is 3. The van der Waals surface area contributed by atoms with E-state index in [0.29, 0.717) is 22.3 Å². The molecular weight excluding hydrogens is 408 g/mol. The fourth-order valence-corrected chi connectivity index (χ4v) is 3.74. The molecule has 1 fully saturated rings. The highest BCUT2D eigenvalue weighted by Crippen LogP contribution is 2.41. The summed E-state index contributed by atoms with van der Waals surface area (Å²) in [5.74, 6) is -0.0822. The summed E-state index contributed by atoms with van der Waals surface area (Å²) >= 11 is 1.38. The van der Waals surface area contributed by atoms with E-state index in [4.69, 9.17) is 9.47 Å². The maximum absolute atomic E-state index is 12.2. The van der Waals surface area contributed by atoms with Gasteiger partial charge in [0.25, 0.3) is 11.5 Å². The van der Waals surface area contributed by atoms with E-state index in [0.717, 1.165) is 23.4 Å². The molecule has 0 spiro atoms. The van der Waals surface area contributed by atoms with E-state index in [1.54, 1.807) is 12.1 Å². The monoisotopic (exact) mass is 428 g/mol. The van der Waals surface area contributed by atoms with Crippen LogP contribution in [0, 0.1) is 6.92 Å². The zero-order chi connectivity index (χ0) is 21.1. The number of aryl methyl sites for hydroxylation is 1. The maximum atomic E-state index is 12.2. The standard InChI is InChI=1S/C20H20N4O5S/c1-12-2-6-15(7-3-12)28-11-16(25)21-9-18(27)29-10-14-8-17(26)24-20(22-14)30-19(23-24)13-4-5-13/h2-3,6-8,13H,4-5,9-11H2,1H3,(H,21,25). The zero-order valence-electron chi connectivity index (χ0n) is 16.3. The Morgan fingerprint density at radius 1 is 1.27 bits per heavy atom. The lowest BCUT2D eigenvalue weighted by Crippen LogP contribution is -2.34. The Morgan fingerprint density at radius 3 is 2.77 bits per heavy atom. The summed E-state index contributed by atoms with van der Waals surface area (Å²) in [6, 6.07) is 8.58. The number of hydrogen-bond donors (Lipinski definition) is 1. The quantitative estimate of drug-likeness (QED) is 0.542. The van der Waals surface area contributed by atoms with Crippen LogP contribution in [0.25, 0.3) is 4.96 Å². The Kier molecular flexibility index (Phi) is 5.75. The van der Waals surface area contributed by atoms with Crippen molar-refractivity contribution in [2.45, 2.75) is 32.3 Å². The van der Waals surface area contributed by atoms with Gasteiger partial charge in [-0.1, -0.05) is 29.0 Å². The van der Waals surface area contributed by atoms with Crippen LogP contribution in [-0.4, -0.2) is 39.6 Å². The minimum Gasteiger partial charge on any atom is -0.484 e. The summed E-state index contributed by atoms with van der Waals surface area (Å²) in [6.45, 7) is 1.29. The summed E-state index contributed by atoms with van der Waals surface area (Å²) in [7, 11) is 0. The molecule has 4 rings (SSSR count). The van der Waals surface area contributed by atoms with Crippen LogP contribution in [0.1, 0.15) is 35.0 Å². The lowest BCUT2D eigenvalue weighted by molar-refractivity contribution is -0.145. The Balaban J connectivity index is 1.23. The van der Waals surface area contributed by atoms with Crippen molar-refractivity contribution in [2.75, 3.05) is 13.2 Å². The molecule has 1 aromatic carbocycles. The average molecular weight is 428 g/mol. The van der Waals surface area contributed by atoms with Gasteiger partial charge in [0, 0.05) is 12.0 Å². The first-order valence-corrected chi connectivity index (χ1v) is 10.3. The predicted octanol–water partition coefficient (Wildman–Crippen LogP) is 1.58. The van der Waals surface area contributed by atoms with E-state index in [1.807, 2.05) is 19.1 Å². The van der Waals surface area contributed by atoms with Crippen molar-refractivity contribution in [3.8, 4) is 5.75 Å².